The van der Waals surface area contributed by atoms with Gasteiger partial charge in [0.2, 0.25) is 0 Å². The molecule has 0 aromatic heterocycles. The molecular weight excluding hydrogens is 214 g/mol. The molecular formula is C14H13NO2. The highest BCUT2D eigenvalue weighted by Crippen LogP contribution is 2.23. The molecule has 1 aliphatic rings. The molecule has 0 spiro atoms. The molecule has 1 unspecified atom stereocenters. The molecule has 0 amide bonds. The van der Waals surface area contributed by atoms with Crippen LogP contribution in [0.5, 0.6) is 0 Å². The van der Waals surface area contributed by atoms with Gasteiger partial charge in [0.05, 0.1) is 12.3 Å². The van der Waals surface area contributed by atoms with Gasteiger partial charge < -0.3 is 9.94 Å². The Bertz CT molecular complexity index is 572. The zero-order valence-corrected chi connectivity index (χ0v) is 9.34. The van der Waals surface area contributed by atoms with Gasteiger partial charge in [-0.1, -0.05) is 47.6 Å². The summed E-state index contributed by atoms with van der Waals surface area (Å²) in [4.78, 5) is 5.16. The van der Waals surface area contributed by atoms with E-state index in [1.165, 1.54) is 10.8 Å². The fourth-order valence-corrected chi connectivity index (χ4v) is 2.16. The third kappa shape index (κ3) is 1.78. The minimum Gasteiger partial charge on any atom is -0.392 e. The lowest BCUT2D eigenvalue weighted by Crippen LogP contribution is -2.12. The number of aliphatic hydroxyl groups is 1. The summed E-state index contributed by atoms with van der Waals surface area (Å²) in [6, 6.07) is 14.4. The average Bonchev–Trinajstić information content (AvgIpc) is 2.87. The molecule has 1 aliphatic heterocycles. The molecule has 3 heteroatoms. The second-order valence-corrected chi connectivity index (χ2v) is 4.18. The lowest BCUT2D eigenvalue weighted by atomic mass is 9.98. The maximum atomic E-state index is 9.05. The van der Waals surface area contributed by atoms with Crippen LogP contribution in [0.4, 0.5) is 0 Å². The molecule has 1 heterocycles. The van der Waals surface area contributed by atoms with Gasteiger partial charge in [0.25, 0.3) is 0 Å². The van der Waals surface area contributed by atoms with Crippen molar-refractivity contribution < 1.29 is 9.94 Å². The number of nitrogens with zero attached hydrogens (tertiary/aromatic N) is 1. The van der Waals surface area contributed by atoms with Gasteiger partial charge in [0.1, 0.15) is 0 Å². The Morgan fingerprint density at radius 3 is 2.82 bits per heavy atom. The van der Waals surface area contributed by atoms with E-state index in [1.54, 1.807) is 0 Å². The predicted octanol–water partition coefficient (Wildman–Crippen LogP) is 2.33. The second kappa shape index (κ2) is 4.18. The van der Waals surface area contributed by atoms with Crippen molar-refractivity contribution in [2.45, 2.75) is 12.5 Å². The van der Waals surface area contributed by atoms with Crippen molar-refractivity contribution in [2.75, 3.05) is 6.61 Å². The number of rotatable bonds is 2. The summed E-state index contributed by atoms with van der Waals surface area (Å²) in [5.41, 5.74) is 2.01. The van der Waals surface area contributed by atoms with E-state index in [0.717, 1.165) is 11.3 Å². The summed E-state index contributed by atoms with van der Waals surface area (Å²) < 4.78 is 0. The van der Waals surface area contributed by atoms with Crippen LogP contribution in [0.15, 0.2) is 47.6 Å². The summed E-state index contributed by atoms with van der Waals surface area (Å²) in [5, 5.41) is 15.5. The molecule has 1 N–H and O–H groups in total. The Kier molecular flexibility index (Phi) is 2.53. The Morgan fingerprint density at radius 1 is 1.18 bits per heavy atom. The van der Waals surface area contributed by atoms with Crippen LogP contribution in [-0.4, -0.2) is 23.5 Å². The lowest BCUT2D eigenvalue weighted by Gasteiger charge is -2.05. The fourth-order valence-electron chi connectivity index (χ4n) is 2.16. The summed E-state index contributed by atoms with van der Waals surface area (Å²) in [5.74, 6) is 0. The van der Waals surface area contributed by atoms with Crippen LogP contribution in [0.25, 0.3) is 10.8 Å². The first-order valence-corrected chi connectivity index (χ1v) is 5.70. The third-order valence-electron chi connectivity index (χ3n) is 3.04. The molecule has 0 saturated carbocycles. The molecule has 0 aliphatic carbocycles. The van der Waals surface area contributed by atoms with Crippen molar-refractivity contribution in [3.05, 3.63) is 48.0 Å². The summed E-state index contributed by atoms with van der Waals surface area (Å²) in [6.45, 7) is 0.0117. The molecule has 2 aromatic carbocycles. The number of hydrogen-bond donors (Lipinski definition) is 1. The predicted molar refractivity (Wildman–Crippen MR) is 67.1 cm³/mol. The van der Waals surface area contributed by atoms with Crippen molar-refractivity contribution >= 4 is 16.5 Å². The summed E-state index contributed by atoms with van der Waals surface area (Å²) in [7, 11) is 0. The van der Waals surface area contributed by atoms with E-state index >= 15 is 0 Å². The lowest BCUT2D eigenvalue weighted by molar-refractivity contribution is 0.0390. The molecule has 17 heavy (non-hydrogen) atoms. The van der Waals surface area contributed by atoms with E-state index in [9.17, 15) is 0 Å². The van der Waals surface area contributed by atoms with Gasteiger partial charge in [-0.2, -0.15) is 0 Å². The molecule has 2 aromatic rings. The van der Waals surface area contributed by atoms with Gasteiger partial charge in [-0.05, 0) is 10.8 Å². The molecule has 0 fully saturated rings. The first kappa shape index (κ1) is 10.3. The highest BCUT2D eigenvalue weighted by molar-refractivity contribution is 6.11. The number of fused-ring (bicyclic) bond motifs is 1. The molecule has 86 valence electrons. The standard InChI is InChI=1S/C14H13NO2/c16-9-11-8-14(15-17-11)13-7-3-5-10-4-1-2-6-12(10)13/h1-7,11,16H,8-9H2. The highest BCUT2D eigenvalue weighted by Gasteiger charge is 2.22. The topological polar surface area (TPSA) is 41.8 Å². The normalized spacial score (nSPS) is 19.1. The van der Waals surface area contributed by atoms with Gasteiger partial charge in [0.15, 0.2) is 6.10 Å². The van der Waals surface area contributed by atoms with Crippen LogP contribution in [0, 0.1) is 0 Å². The quantitative estimate of drug-likeness (QED) is 0.855. The monoisotopic (exact) mass is 227 g/mol. The van der Waals surface area contributed by atoms with Crippen molar-refractivity contribution in [3.63, 3.8) is 0 Å². The number of hydrogen-bond acceptors (Lipinski definition) is 3. The summed E-state index contributed by atoms with van der Waals surface area (Å²) >= 11 is 0. The van der Waals surface area contributed by atoms with E-state index in [0.29, 0.717) is 6.42 Å². The largest absolute Gasteiger partial charge is 0.392 e. The minimum absolute atomic E-state index is 0.0117. The van der Waals surface area contributed by atoms with E-state index in [4.69, 9.17) is 9.94 Å². The van der Waals surface area contributed by atoms with Gasteiger partial charge in [-0.3, -0.25) is 0 Å². The molecule has 0 bridgehead atoms. The molecule has 0 radical (unpaired) electrons. The Hall–Kier alpha value is -1.87. The molecule has 1 atom stereocenters. The van der Waals surface area contributed by atoms with E-state index in [1.807, 2.05) is 24.3 Å². The van der Waals surface area contributed by atoms with Crippen LogP contribution in [0.2, 0.25) is 0 Å². The van der Waals surface area contributed by atoms with Crippen LogP contribution in [0.1, 0.15) is 12.0 Å². The van der Waals surface area contributed by atoms with Gasteiger partial charge in [-0.25, -0.2) is 0 Å². The number of aliphatic hydroxyl groups excluding tert-OH is 1. The van der Waals surface area contributed by atoms with Crippen LogP contribution < -0.4 is 0 Å². The van der Waals surface area contributed by atoms with E-state index < -0.39 is 0 Å². The van der Waals surface area contributed by atoms with Crippen LogP contribution >= 0.6 is 0 Å². The number of benzene rings is 2. The molecule has 0 saturated heterocycles. The summed E-state index contributed by atoms with van der Waals surface area (Å²) in [6.07, 6.45) is 0.480. The first-order valence-electron chi connectivity index (χ1n) is 5.70. The Labute approximate surface area is 99.3 Å². The Morgan fingerprint density at radius 2 is 2.00 bits per heavy atom. The van der Waals surface area contributed by atoms with Gasteiger partial charge >= 0.3 is 0 Å². The Balaban J connectivity index is 2.07. The minimum atomic E-state index is -0.191. The third-order valence-corrected chi connectivity index (χ3v) is 3.04. The zero-order valence-electron chi connectivity index (χ0n) is 9.34. The van der Waals surface area contributed by atoms with Crippen molar-refractivity contribution in [2.24, 2.45) is 5.16 Å². The zero-order chi connectivity index (χ0) is 11.7. The van der Waals surface area contributed by atoms with Gasteiger partial charge in [0, 0.05) is 12.0 Å². The molecule has 3 rings (SSSR count). The fraction of sp³-hybridized carbons (Fsp3) is 0.214. The van der Waals surface area contributed by atoms with Gasteiger partial charge in [-0.15, -0.1) is 0 Å². The van der Waals surface area contributed by atoms with Crippen LogP contribution in [-0.2, 0) is 4.84 Å². The van der Waals surface area contributed by atoms with Crippen LogP contribution in [0.3, 0.4) is 0 Å². The molecule has 3 nitrogen and oxygen atoms in total. The second-order valence-electron chi connectivity index (χ2n) is 4.18. The van der Waals surface area contributed by atoms with Crippen molar-refractivity contribution in [1.82, 2.24) is 0 Å². The highest BCUT2D eigenvalue weighted by atomic mass is 16.6. The smallest absolute Gasteiger partial charge is 0.156 e. The SMILES string of the molecule is OCC1CC(c2cccc3ccccc23)=NO1. The van der Waals surface area contributed by atoms with Crippen molar-refractivity contribution in [1.29, 1.82) is 0 Å². The number of oxime groups is 1. The average molecular weight is 227 g/mol. The maximum Gasteiger partial charge on any atom is 0.156 e. The maximum absolute atomic E-state index is 9.05. The van der Waals surface area contributed by atoms with E-state index in [-0.39, 0.29) is 12.7 Å². The van der Waals surface area contributed by atoms with E-state index in [2.05, 4.69) is 23.4 Å². The first-order chi connectivity index (χ1) is 8.38. The van der Waals surface area contributed by atoms with Crippen molar-refractivity contribution in [3.8, 4) is 0 Å².